The number of amides is 1. The minimum atomic E-state index is -1.29. The van der Waals surface area contributed by atoms with Crippen molar-refractivity contribution in [1.29, 1.82) is 0 Å². The molecule has 6 heteroatoms. The van der Waals surface area contributed by atoms with E-state index in [1.807, 2.05) is 0 Å². The molecule has 0 spiro atoms. The summed E-state index contributed by atoms with van der Waals surface area (Å²) in [5.41, 5.74) is 0.532. The number of carbonyl (C=O) groups excluding carboxylic acids is 1. The lowest BCUT2D eigenvalue weighted by molar-refractivity contribution is 0.0933. The van der Waals surface area contributed by atoms with E-state index < -0.39 is 23.8 Å². The van der Waals surface area contributed by atoms with E-state index in [0.717, 1.165) is 11.0 Å². The number of hydrogen-bond acceptors (Lipinski definition) is 2. The normalized spacial score (nSPS) is 17.5. The summed E-state index contributed by atoms with van der Waals surface area (Å²) in [6, 6.07) is 8.28. The van der Waals surface area contributed by atoms with Gasteiger partial charge in [-0.15, -0.1) is 0 Å². The van der Waals surface area contributed by atoms with Crippen molar-refractivity contribution in [2.24, 2.45) is 0 Å². The highest BCUT2D eigenvalue weighted by Gasteiger charge is 2.37. The van der Waals surface area contributed by atoms with Crippen LogP contribution in [0, 0.1) is 11.6 Å². The first-order valence-electron chi connectivity index (χ1n) is 5.76. The molecule has 0 saturated carbocycles. The Morgan fingerprint density at radius 2 is 1.85 bits per heavy atom. The first-order chi connectivity index (χ1) is 9.50. The van der Waals surface area contributed by atoms with E-state index in [0.29, 0.717) is 17.2 Å². The first kappa shape index (κ1) is 13.2. The molecule has 1 amide bonds. The molecule has 1 unspecified atom stereocenters. The van der Waals surface area contributed by atoms with Gasteiger partial charge in [0.1, 0.15) is 11.6 Å². The highest BCUT2D eigenvalue weighted by atomic mass is 79.9. The average molecular weight is 340 g/mol. The number of aliphatic hydroxyl groups is 1. The van der Waals surface area contributed by atoms with Gasteiger partial charge in [-0.05, 0) is 28.1 Å². The third kappa shape index (κ3) is 1.83. The highest BCUT2D eigenvalue weighted by Crippen LogP contribution is 2.38. The van der Waals surface area contributed by atoms with Crippen LogP contribution in [0.4, 0.5) is 14.5 Å². The predicted octanol–water partition coefficient (Wildman–Crippen LogP) is 3.38. The molecule has 0 aromatic heterocycles. The molecule has 1 N–H and O–H groups in total. The minimum Gasteiger partial charge on any atom is -0.369 e. The van der Waals surface area contributed by atoms with Crippen molar-refractivity contribution in [2.45, 2.75) is 6.23 Å². The van der Waals surface area contributed by atoms with E-state index in [9.17, 15) is 18.7 Å². The largest absolute Gasteiger partial charge is 0.369 e. The third-order valence-electron chi connectivity index (χ3n) is 3.18. The molecule has 3 nitrogen and oxygen atoms in total. The summed E-state index contributed by atoms with van der Waals surface area (Å²) in [7, 11) is 0. The number of carbonyl (C=O) groups is 1. The number of aliphatic hydroxyl groups excluding tert-OH is 1. The summed E-state index contributed by atoms with van der Waals surface area (Å²) in [5, 5.41) is 10.2. The molecule has 3 rings (SSSR count). The van der Waals surface area contributed by atoms with E-state index in [1.165, 1.54) is 0 Å². The molecule has 0 saturated heterocycles. The molecule has 102 valence electrons. The monoisotopic (exact) mass is 339 g/mol. The van der Waals surface area contributed by atoms with Crippen molar-refractivity contribution in [1.82, 2.24) is 0 Å². The molecule has 2 aromatic carbocycles. The zero-order chi connectivity index (χ0) is 14.4. The van der Waals surface area contributed by atoms with Crippen LogP contribution in [0.15, 0.2) is 40.9 Å². The quantitative estimate of drug-likeness (QED) is 0.809. The van der Waals surface area contributed by atoms with Crippen molar-refractivity contribution in [3.63, 3.8) is 0 Å². The van der Waals surface area contributed by atoms with Crippen molar-refractivity contribution in [3.05, 3.63) is 63.6 Å². The van der Waals surface area contributed by atoms with E-state index in [-0.39, 0.29) is 10.2 Å². The molecular formula is C14H8BrF2NO2. The van der Waals surface area contributed by atoms with Crippen molar-refractivity contribution >= 4 is 27.5 Å². The van der Waals surface area contributed by atoms with Crippen molar-refractivity contribution in [2.75, 3.05) is 4.90 Å². The Hall–Kier alpha value is -1.79. The number of fused-ring (bicyclic) bond motifs is 1. The molecule has 0 fully saturated rings. The van der Waals surface area contributed by atoms with Gasteiger partial charge < -0.3 is 5.11 Å². The second kappa shape index (κ2) is 4.64. The first-order valence-corrected chi connectivity index (χ1v) is 6.55. The Balaban J connectivity index is 2.14. The highest BCUT2D eigenvalue weighted by molar-refractivity contribution is 9.10. The van der Waals surface area contributed by atoms with E-state index in [1.54, 1.807) is 24.3 Å². The molecule has 0 bridgehead atoms. The van der Waals surface area contributed by atoms with E-state index in [2.05, 4.69) is 15.9 Å². The minimum absolute atomic E-state index is 0.0184. The van der Waals surface area contributed by atoms with Crippen LogP contribution in [0.25, 0.3) is 0 Å². The predicted molar refractivity (Wildman–Crippen MR) is 72.3 cm³/mol. The van der Waals surface area contributed by atoms with Gasteiger partial charge in [-0.1, -0.05) is 18.2 Å². The zero-order valence-corrected chi connectivity index (χ0v) is 11.6. The van der Waals surface area contributed by atoms with Gasteiger partial charge in [0.05, 0.1) is 10.2 Å². The van der Waals surface area contributed by atoms with E-state index >= 15 is 0 Å². The van der Waals surface area contributed by atoms with Crippen molar-refractivity contribution in [3.8, 4) is 0 Å². The van der Waals surface area contributed by atoms with Crippen LogP contribution in [0.5, 0.6) is 0 Å². The lowest BCUT2D eigenvalue weighted by Gasteiger charge is -2.21. The molecule has 2 aromatic rings. The van der Waals surface area contributed by atoms with Crippen LogP contribution in [0.3, 0.4) is 0 Å². The molecule has 0 aliphatic carbocycles. The number of nitrogens with zero attached hydrogens (tertiary/aromatic N) is 1. The van der Waals surface area contributed by atoms with Gasteiger partial charge in [0.2, 0.25) is 0 Å². The maximum Gasteiger partial charge on any atom is 0.261 e. The Kier molecular flexibility index (Phi) is 3.07. The Labute approximate surface area is 121 Å². The zero-order valence-electron chi connectivity index (χ0n) is 9.98. The summed E-state index contributed by atoms with van der Waals surface area (Å²) >= 11 is 2.94. The van der Waals surface area contributed by atoms with Gasteiger partial charge in [-0.2, -0.15) is 0 Å². The van der Waals surface area contributed by atoms with Gasteiger partial charge in [-0.25, -0.2) is 8.78 Å². The maximum absolute atomic E-state index is 13.9. The van der Waals surface area contributed by atoms with Gasteiger partial charge >= 0.3 is 0 Å². The summed E-state index contributed by atoms with van der Waals surface area (Å²) in [5.74, 6) is -2.21. The maximum atomic E-state index is 13.9. The number of hydrogen-bond donors (Lipinski definition) is 1. The smallest absolute Gasteiger partial charge is 0.261 e. The molecule has 1 heterocycles. The fraction of sp³-hybridized carbons (Fsp3) is 0.0714. The van der Waals surface area contributed by atoms with Crippen molar-refractivity contribution < 1.29 is 18.7 Å². The molecule has 1 aliphatic rings. The van der Waals surface area contributed by atoms with Gasteiger partial charge in [0, 0.05) is 17.2 Å². The Morgan fingerprint density at radius 1 is 1.15 bits per heavy atom. The van der Waals surface area contributed by atoms with Gasteiger partial charge in [-0.3, -0.25) is 9.69 Å². The van der Waals surface area contributed by atoms with Crippen LogP contribution >= 0.6 is 15.9 Å². The number of rotatable bonds is 1. The lowest BCUT2D eigenvalue weighted by atomic mass is 10.1. The lowest BCUT2D eigenvalue weighted by Crippen LogP contribution is -2.28. The average Bonchev–Trinajstić information content (AvgIpc) is 2.68. The molecular weight excluding hydrogens is 332 g/mol. The number of anilines is 1. The van der Waals surface area contributed by atoms with Crippen LogP contribution in [-0.2, 0) is 0 Å². The molecule has 1 atom stereocenters. The topological polar surface area (TPSA) is 40.5 Å². The van der Waals surface area contributed by atoms with Gasteiger partial charge in [0.15, 0.2) is 6.23 Å². The van der Waals surface area contributed by atoms with Gasteiger partial charge in [0.25, 0.3) is 5.91 Å². The fourth-order valence-corrected chi connectivity index (χ4v) is 2.57. The van der Waals surface area contributed by atoms with Crippen LogP contribution in [-0.4, -0.2) is 11.0 Å². The fourth-order valence-electron chi connectivity index (χ4n) is 2.23. The summed E-state index contributed by atoms with van der Waals surface area (Å²) in [6.07, 6.45) is -1.29. The van der Waals surface area contributed by atoms with Crippen LogP contribution < -0.4 is 4.90 Å². The number of benzene rings is 2. The third-order valence-corrected chi connectivity index (χ3v) is 3.79. The van der Waals surface area contributed by atoms with Crippen LogP contribution in [0.1, 0.15) is 22.1 Å². The van der Waals surface area contributed by atoms with E-state index in [4.69, 9.17) is 0 Å². The molecule has 1 aliphatic heterocycles. The van der Waals surface area contributed by atoms with Crippen LogP contribution in [0.2, 0.25) is 0 Å². The second-order valence-electron chi connectivity index (χ2n) is 4.35. The molecule has 20 heavy (non-hydrogen) atoms. The Bertz CT molecular complexity index is 720. The number of halogens is 3. The second-order valence-corrected chi connectivity index (χ2v) is 5.21. The SMILES string of the molecule is O=C1c2ccccc2C(O)N1c1cc(Br)c(F)cc1F. The molecule has 0 radical (unpaired) electrons. The standard InChI is InChI=1S/C14H8BrF2NO2/c15-9-5-12(11(17)6-10(9)16)18-13(19)7-3-1-2-4-8(7)14(18)20/h1-6,13,19H. The summed E-state index contributed by atoms with van der Waals surface area (Å²) in [4.78, 5) is 13.2. The summed E-state index contributed by atoms with van der Waals surface area (Å²) < 4.78 is 27.2. The Morgan fingerprint density at radius 3 is 2.55 bits per heavy atom. The summed E-state index contributed by atoms with van der Waals surface area (Å²) in [6.45, 7) is 0.